The van der Waals surface area contributed by atoms with Crippen LogP contribution in [-0.2, 0) is 17.8 Å². The highest BCUT2D eigenvalue weighted by Gasteiger charge is 2.40. The van der Waals surface area contributed by atoms with Crippen molar-refractivity contribution in [3.05, 3.63) is 54.2 Å². The molecule has 2 aliphatic rings. The molecular formula is C20H27N3O2. The van der Waals surface area contributed by atoms with Gasteiger partial charge in [0.2, 0.25) is 0 Å². The Morgan fingerprint density at radius 1 is 1.32 bits per heavy atom. The van der Waals surface area contributed by atoms with Crippen molar-refractivity contribution in [2.75, 3.05) is 33.3 Å². The molecule has 0 unspecified atom stereocenters. The molecule has 0 amide bonds. The maximum atomic E-state index is 6.19. The van der Waals surface area contributed by atoms with E-state index in [1.807, 2.05) is 24.7 Å². The van der Waals surface area contributed by atoms with Gasteiger partial charge in [-0.2, -0.15) is 0 Å². The van der Waals surface area contributed by atoms with Crippen LogP contribution in [-0.4, -0.2) is 54.2 Å². The molecule has 0 N–H and O–H groups in total. The van der Waals surface area contributed by atoms with E-state index in [1.54, 1.807) is 6.26 Å². The second kappa shape index (κ2) is 7.68. The lowest BCUT2D eigenvalue weighted by Gasteiger charge is -2.36. The van der Waals surface area contributed by atoms with E-state index >= 15 is 0 Å². The monoisotopic (exact) mass is 341 g/mol. The number of piperidine rings is 1. The van der Waals surface area contributed by atoms with Gasteiger partial charge in [0.25, 0.3) is 0 Å². The minimum Gasteiger partial charge on any atom is -0.472 e. The summed E-state index contributed by atoms with van der Waals surface area (Å²) in [6, 6.07) is 6.20. The number of furan rings is 1. The molecule has 0 aromatic carbocycles. The number of nitrogens with zero attached hydrogens (tertiary/aromatic N) is 3. The summed E-state index contributed by atoms with van der Waals surface area (Å²) in [4.78, 5) is 9.11. The van der Waals surface area contributed by atoms with Gasteiger partial charge in [0.05, 0.1) is 25.2 Å². The predicted octanol–water partition coefficient (Wildman–Crippen LogP) is 2.64. The fourth-order valence-electron chi connectivity index (χ4n) is 4.31. The summed E-state index contributed by atoms with van der Waals surface area (Å²) in [5.74, 6) is 1.36. The molecular weight excluding hydrogens is 314 g/mol. The van der Waals surface area contributed by atoms with Crippen LogP contribution in [0.2, 0.25) is 0 Å². The smallest absolute Gasteiger partial charge is 0.0947 e. The van der Waals surface area contributed by atoms with Crippen molar-refractivity contribution in [3.8, 4) is 0 Å². The van der Waals surface area contributed by atoms with Gasteiger partial charge in [0.15, 0.2) is 0 Å². The Balaban J connectivity index is 1.28. The summed E-state index contributed by atoms with van der Waals surface area (Å²) in [6.07, 6.45) is 8.98. The van der Waals surface area contributed by atoms with E-state index in [1.165, 1.54) is 17.5 Å². The fraction of sp³-hybridized carbons (Fsp3) is 0.550. The number of ether oxygens (including phenoxy) is 1. The number of hydrogen-bond donors (Lipinski definition) is 0. The molecule has 4 heterocycles. The third-order valence-corrected chi connectivity index (χ3v) is 5.53. The van der Waals surface area contributed by atoms with Crippen molar-refractivity contribution in [2.24, 2.45) is 11.8 Å². The maximum absolute atomic E-state index is 6.19. The highest BCUT2D eigenvalue weighted by molar-refractivity contribution is 5.08. The van der Waals surface area contributed by atoms with E-state index in [-0.39, 0.29) is 0 Å². The number of rotatable bonds is 6. The lowest BCUT2D eigenvalue weighted by Crippen LogP contribution is -2.43. The zero-order chi connectivity index (χ0) is 17.1. The van der Waals surface area contributed by atoms with Gasteiger partial charge in [-0.25, -0.2) is 0 Å². The number of pyridine rings is 1. The Labute approximate surface area is 149 Å². The van der Waals surface area contributed by atoms with Crippen LogP contribution >= 0.6 is 0 Å². The van der Waals surface area contributed by atoms with E-state index in [2.05, 4.69) is 34.0 Å². The Bertz CT molecular complexity index is 646. The number of likely N-dealkylation sites (tertiary alicyclic amines) is 1. The average molecular weight is 341 g/mol. The number of likely N-dealkylation sites (N-methyl/N-ethyl adjacent to an activating group) is 1. The van der Waals surface area contributed by atoms with Gasteiger partial charge in [-0.1, -0.05) is 6.07 Å². The Morgan fingerprint density at radius 3 is 3.08 bits per heavy atom. The molecule has 25 heavy (non-hydrogen) atoms. The third-order valence-electron chi connectivity index (χ3n) is 5.53. The van der Waals surface area contributed by atoms with Gasteiger partial charge in [-0.05, 0) is 43.6 Å². The summed E-state index contributed by atoms with van der Waals surface area (Å²) in [6.45, 7) is 6.11. The summed E-state index contributed by atoms with van der Waals surface area (Å²) in [5.41, 5.74) is 2.53. The van der Waals surface area contributed by atoms with Crippen LogP contribution in [0, 0.1) is 11.8 Å². The average Bonchev–Trinajstić information content (AvgIpc) is 3.26. The number of aromatic nitrogens is 1. The molecule has 0 radical (unpaired) electrons. The van der Waals surface area contributed by atoms with E-state index in [9.17, 15) is 0 Å². The van der Waals surface area contributed by atoms with Crippen molar-refractivity contribution in [2.45, 2.75) is 25.6 Å². The van der Waals surface area contributed by atoms with Crippen LogP contribution in [0.1, 0.15) is 17.5 Å². The molecule has 2 aromatic heterocycles. The van der Waals surface area contributed by atoms with E-state index in [4.69, 9.17) is 9.15 Å². The van der Waals surface area contributed by atoms with Crippen LogP contribution in [0.3, 0.4) is 0 Å². The molecule has 0 spiro atoms. The van der Waals surface area contributed by atoms with Gasteiger partial charge >= 0.3 is 0 Å². The molecule has 5 nitrogen and oxygen atoms in total. The van der Waals surface area contributed by atoms with Crippen molar-refractivity contribution in [3.63, 3.8) is 0 Å². The van der Waals surface area contributed by atoms with Crippen LogP contribution in [0.5, 0.6) is 0 Å². The summed E-state index contributed by atoms with van der Waals surface area (Å²) in [7, 11) is 2.18. The molecule has 2 aromatic rings. The largest absolute Gasteiger partial charge is 0.472 e. The van der Waals surface area contributed by atoms with Gasteiger partial charge in [0, 0.05) is 50.1 Å². The Kier molecular flexibility index (Phi) is 5.15. The van der Waals surface area contributed by atoms with Crippen molar-refractivity contribution in [1.29, 1.82) is 0 Å². The summed E-state index contributed by atoms with van der Waals surface area (Å²) >= 11 is 0. The molecule has 2 fully saturated rings. The van der Waals surface area contributed by atoms with Crippen molar-refractivity contribution < 1.29 is 9.15 Å². The predicted molar refractivity (Wildman–Crippen MR) is 95.9 cm³/mol. The minimum absolute atomic E-state index is 0.364. The number of fused-ring (bicyclic) bond motifs is 1. The van der Waals surface area contributed by atoms with Gasteiger partial charge in [-0.15, -0.1) is 0 Å². The lowest BCUT2D eigenvalue weighted by atomic mass is 9.84. The van der Waals surface area contributed by atoms with Gasteiger partial charge in [-0.3, -0.25) is 14.8 Å². The first-order valence-corrected chi connectivity index (χ1v) is 9.20. The van der Waals surface area contributed by atoms with Crippen LogP contribution < -0.4 is 0 Å². The molecule has 134 valence electrons. The standard InChI is InChI=1S/C20H27N3O2/c1-22(10-16-3-2-6-21-9-16)13-20-19-4-7-23(12-18(19)15-25-20)11-17-5-8-24-14-17/h2-3,5-6,8-9,14,18-20H,4,7,10-13,15H2,1H3/t18-,19-,20+/m1/s1. The minimum atomic E-state index is 0.364. The van der Waals surface area contributed by atoms with E-state index in [0.717, 1.165) is 39.3 Å². The quantitative estimate of drug-likeness (QED) is 0.808. The maximum Gasteiger partial charge on any atom is 0.0947 e. The summed E-state index contributed by atoms with van der Waals surface area (Å²) < 4.78 is 11.4. The molecule has 5 heteroatoms. The first kappa shape index (κ1) is 16.8. The number of hydrogen-bond acceptors (Lipinski definition) is 5. The zero-order valence-corrected chi connectivity index (χ0v) is 14.9. The first-order valence-electron chi connectivity index (χ1n) is 9.20. The van der Waals surface area contributed by atoms with Crippen LogP contribution in [0.25, 0.3) is 0 Å². The van der Waals surface area contributed by atoms with E-state index < -0.39 is 0 Å². The Morgan fingerprint density at radius 2 is 2.28 bits per heavy atom. The normalized spacial score (nSPS) is 26.9. The van der Waals surface area contributed by atoms with Crippen molar-refractivity contribution >= 4 is 0 Å². The zero-order valence-electron chi connectivity index (χ0n) is 14.9. The molecule has 0 aliphatic carbocycles. The fourth-order valence-corrected chi connectivity index (χ4v) is 4.31. The lowest BCUT2D eigenvalue weighted by molar-refractivity contribution is 0.0548. The van der Waals surface area contributed by atoms with Crippen molar-refractivity contribution in [1.82, 2.24) is 14.8 Å². The molecule has 3 atom stereocenters. The molecule has 0 bridgehead atoms. The van der Waals surface area contributed by atoms with Crippen LogP contribution in [0.15, 0.2) is 47.5 Å². The summed E-state index contributed by atoms with van der Waals surface area (Å²) in [5, 5.41) is 0. The topological polar surface area (TPSA) is 41.7 Å². The second-order valence-electron chi connectivity index (χ2n) is 7.51. The van der Waals surface area contributed by atoms with Gasteiger partial charge < -0.3 is 9.15 Å². The first-order chi connectivity index (χ1) is 12.3. The molecule has 4 rings (SSSR count). The van der Waals surface area contributed by atoms with Gasteiger partial charge in [0.1, 0.15) is 0 Å². The SMILES string of the molecule is CN(Cc1cccnc1)C[C@@H]1OC[C@H]2CN(Cc3ccoc3)CC[C@H]21. The second-order valence-corrected chi connectivity index (χ2v) is 7.51. The Hall–Kier alpha value is -1.69. The highest BCUT2D eigenvalue weighted by Crippen LogP contribution is 2.35. The third kappa shape index (κ3) is 4.11. The highest BCUT2D eigenvalue weighted by atomic mass is 16.5. The molecule has 0 saturated carbocycles. The molecule has 2 aliphatic heterocycles. The molecule has 2 saturated heterocycles. The van der Waals surface area contributed by atoms with Crippen LogP contribution in [0.4, 0.5) is 0 Å². The van der Waals surface area contributed by atoms with E-state index in [0.29, 0.717) is 17.9 Å².